The van der Waals surface area contributed by atoms with Crippen molar-refractivity contribution in [1.29, 1.82) is 0 Å². The number of piperidine rings is 1. The van der Waals surface area contributed by atoms with E-state index < -0.39 is 28.0 Å². The standard InChI is InChI=1S/C24H36N2O6S/c1-4-31-20-9-11-21(12-10-20)33(29,30)26-15-13-19(14-16-26)24(28)32-18(3)23(27)25-22-8-6-5-7-17(22)2/h9-12,17-19,22H,4-8,13-16H2,1-3H3,(H,25,27). The van der Waals surface area contributed by atoms with Gasteiger partial charge >= 0.3 is 5.97 Å². The first-order valence-electron chi connectivity index (χ1n) is 12.0. The van der Waals surface area contributed by atoms with Crippen LogP contribution in [0.3, 0.4) is 0 Å². The number of sulfonamides is 1. The largest absolute Gasteiger partial charge is 0.494 e. The minimum absolute atomic E-state index is 0.128. The molecule has 0 aromatic heterocycles. The maximum Gasteiger partial charge on any atom is 0.309 e. The predicted molar refractivity (Wildman–Crippen MR) is 124 cm³/mol. The second-order valence-corrected chi connectivity index (χ2v) is 11.0. The third-order valence-electron chi connectivity index (χ3n) is 6.66. The van der Waals surface area contributed by atoms with Crippen molar-refractivity contribution in [2.24, 2.45) is 11.8 Å². The number of amides is 1. The third kappa shape index (κ3) is 6.47. The first-order valence-corrected chi connectivity index (χ1v) is 13.4. The minimum Gasteiger partial charge on any atom is -0.494 e. The molecule has 1 aromatic rings. The molecule has 1 N–H and O–H groups in total. The molecule has 9 heteroatoms. The van der Waals surface area contributed by atoms with Crippen LogP contribution < -0.4 is 10.1 Å². The highest BCUT2D eigenvalue weighted by Crippen LogP contribution is 2.27. The maximum atomic E-state index is 12.9. The highest BCUT2D eigenvalue weighted by Gasteiger charge is 2.34. The Morgan fingerprint density at radius 3 is 2.33 bits per heavy atom. The molecule has 0 radical (unpaired) electrons. The van der Waals surface area contributed by atoms with Crippen molar-refractivity contribution in [2.45, 2.75) is 76.3 Å². The number of nitrogens with zero attached hydrogens (tertiary/aromatic N) is 1. The molecule has 33 heavy (non-hydrogen) atoms. The van der Waals surface area contributed by atoms with Gasteiger partial charge in [0.05, 0.1) is 17.4 Å². The Balaban J connectivity index is 1.49. The van der Waals surface area contributed by atoms with Crippen molar-refractivity contribution in [1.82, 2.24) is 9.62 Å². The molecular weight excluding hydrogens is 444 g/mol. The Hall–Kier alpha value is -2.13. The Bertz CT molecular complexity index is 909. The van der Waals surface area contributed by atoms with Gasteiger partial charge in [0, 0.05) is 19.1 Å². The van der Waals surface area contributed by atoms with E-state index in [0.29, 0.717) is 31.1 Å². The molecule has 3 unspecified atom stereocenters. The van der Waals surface area contributed by atoms with Gasteiger partial charge in [-0.1, -0.05) is 19.8 Å². The van der Waals surface area contributed by atoms with Crippen LogP contribution >= 0.6 is 0 Å². The van der Waals surface area contributed by atoms with Crippen LogP contribution in [0.25, 0.3) is 0 Å². The van der Waals surface area contributed by atoms with Gasteiger partial charge in [0.2, 0.25) is 10.0 Å². The van der Waals surface area contributed by atoms with E-state index in [1.165, 1.54) is 22.9 Å². The van der Waals surface area contributed by atoms with E-state index in [9.17, 15) is 18.0 Å². The van der Waals surface area contributed by atoms with E-state index in [-0.39, 0.29) is 29.9 Å². The Morgan fingerprint density at radius 1 is 1.09 bits per heavy atom. The first kappa shape index (κ1) is 25.5. The fourth-order valence-corrected chi connectivity index (χ4v) is 5.98. The molecule has 1 heterocycles. The van der Waals surface area contributed by atoms with Crippen LogP contribution in [0.2, 0.25) is 0 Å². The Labute approximate surface area is 197 Å². The van der Waals surface area contributed by atoms with E-state index in [0.717, 1.165) is 19.3 Å². The maximum absolute atomic E-state index is 12.9. The van der Waals surface area contributed by atoms with Gasteiger partial charge in [0.1, 0.15) is 5.75 Å². The van der Waals surface area contributed by atoms with Crippen molar-refractivity contribution in [3.8, 4) is 5.75 Å². The van der Waals surface area contributed by atoms with E-state index in [4.69, 9.17) is 9.47 Å². The number of hydrogen-bond donors (Lipinski definition) is 1. The fourth-order valence-electron chi connectivity index (χ4n) is 4.51. The molecule has 1 saturated heterocycles. The van der Waals surface area contributed by atoms with Crippen molar-refractivity contribution in [2.75, 3.05) is 19.7 Å². The number of carbonyl (C=O) groups excluding carboxylic acids is 2. The highest BCUT2D eigenvalue weighted by atomic mass is 32.2. The molecule has 1 aliphatic heterocycles. The van der Waals surface area contributed by atoms with Gasteiger partial charge in [0.25, 0.3) is 5.91 Å². The number of esters is 1. The van der Waals surface area contributed by atoms with Crippen molar-refractivity contribution in [3.63, 3.8) is 0 Å². The summed E-state index contributed by atoms with van der Waals surface area (Å²) in [7, 11) is -3.64. The normalized spacial score (nSPS) is 23.5. The Morgan fingerprint density at radius 2 is 1.73 bits per heavy atom. The van der Waals surface area contributed by atoms with Crippen LogP contribution in [-0.2, 0) is 24.3 Å². The van der Waals surface area contributed by atoms with E-state index in [1.54, 1.807) is 19.1 Å². The van der Waals surface area contributed by atoms with Crippen molar-refractivity contribution in [3.05, 3.63) is 24.3 Å². The number of benzene rings is 1. The van der Waals surface area contributed by atoms with Crippen LogP contribution in [-0.4, -0.2) is 56.4 Å². The summed E-state index contributed by atoms with van der Waals surface area (Å²) >= 11 is 0. The summed E-state index contributed by atoms with van der Waals surface area (Å²) in [5, 5.41) is 3.02. The molecular formula is C24H36N2O6S. The Kier molecular flexibility index (Phi) is 8.75. The second-order valence-electron chi connectivity index (χ2n) is 9.04. The van der Waals surface area contributed by atoms with E-state index in [1.807, 2.05) is 6.92 Å². The summed E-state index contributed by atoms with van der Waals surface area (Å²) < 4.78 is 38.1. The quantitative estimate of drug-likeness (QED) is 0.574. The van der Waals surface area contributed by atoms with Crippen LogP contribution in [0, 0.1) is 11.8 Å². The smallest absolute Gasteiger partial charge is 0.309 e. The first-order chi connectivity index (χ1) is 15.7. The summed E-state index contributed by atoms with van der Waals surface area (Å²) in [5.41, 5.74) is 0. The number of nitrogens with one attached hydrogen (secondary N) is 1. The van der Waals surface area contributed by atoms with Gasteiger partial charge < -0.3 is 14.8 Å². The summed E-state index contributed by atoms with van der Waals surface area (Å²) in [6, 6.07) is 6.48. The summed E-state index contributed by atoms with van der Waals surface area (Å²) in [4.78, 5) is 25.3. The summed E-state index contributed by atoms with van der Waals surface area (Å²) in [6.07, 6.45) is 4.20. The number of carbonyl (C=O) groups is 2. The average Bonchev–Trinajstić information content (AvgIpc) is 2.81. The van der Waals surface area contributed by atoms with Gasteiger partial charge in [-0.15, -0.1) is 0 Å². The molecule has 0 spiro atoms. The molecule has 0 bridgehead atoms. The molecule has 1 aliphatic carbocycles. The monoisotopic (exact) mass is 480 g/mol. The van der Waals surface area contributed by atoms with Gasteiger partial charge in [-0.3, -0.25) is 9.59 Å². The van der Waals surface area contributed by atoms with Crippen LogP contribution in [0.5, 0.6) is 5.75 Å². The molecule has 1 saturated carbocycles. The number of hydrogen-bond acceptors (Lipinski definition) is 6. The molecule has 3 atom stereocenters. The zero-order valence-corrected chi connectivity index (χ0v) is 20.6. The van der Waals surface area contributed by atoms with Crippen molar-refractivity contribution >= 4 is 21.9 Å². The number of ether oxygens (including phenoxy) is 2. The molecule has 8 nitrogen and oxygen atoms in total. The van der Waals surface area contributed by atoms with Crippen LogP contribution in [0.1, 0.15) is 59.3 Å². The van der Waals surface area contributed by atoms with Gasteiger partial charge in [-0.05, 0) is 69.7 Å². The van der Waals surface area contributed by atoms with Crippen LogP contribution in [0.4, 0.5) is 0 Å². The van der Waals surface area contributed by atoms with Gasteiger partial charge in [-0.25, -0.2) is 8.42 Å². The van der Waals surface area contributed by atoms with Gasteiger partial charge in [-0.2, -0.15) is 4.31 Å². The lowest BCUT2D eigenvalue weighted by Gasteiger charge is -2.32. The molecule has 1 aromatic carbocycles. The lowest BCUT2D eigenvalue weighted by atomic mass is 9.86. The molecule has 184 valence electrons. The topological polar surface area (TPSA) is 102 Å². The van der Waals surface area contributed by atoms with Gasteiger partial charge in [0.15, 0.2) is 6.10 Å². The lowest BCUT2D eigenvalue weighted by Crippen LogP contribution is -2.47. The summed E-state index contributed by atoms with van der Waals surface area (Å²) in [6.45, 7) is 6.56. The molecule has 1 amide bonds. The van der Waals surface area contributed by atoms with E-state index >= 15 is 0 Å². The highest BCUT2D eigenvalue weighted by molar-refractivity contribution is 7.89. The lowest BCUT2D eigenvalue weighted by molar-refractivity contribution is -0.160. The zero-order chi connectivity index (χ0) is 24.0. The minimum atomic E-state index is -3.64. The molecule has 3 rings (SSSR count). The fraction of sp³-hybridized carbons (Fsp3) is 0.667. The van der Waals surface area contributed by atoms with Crippen molar-refractivity contribution < 1.29 is 27.5 Å². The average molecular weight is 481 g/mol. The number of rotatable bonds is 8. The summed E-state index contributed by atoms with van der Waals surface area (Å²) in [5.74, 6) is -0.0769. The van der Waals surface area contributed by atoms with Crippen LogP contribution in [0.15, 0.2) is 29.2 Å². The van der Waals surface area contributed by atoms with E-state index in [2.05, 4.69) is 12.2 Å². The third-order valence-corrected chi connectivity index (χ3v) is 8.57. The molecule has 2 aliphatic rings. The SMILES string of the molecule is CCOc1ccc(S(=O)(=O)N2CCC(C(=O)OC(C)C(=O)NC3CCCCC3C)CC2)cc1. The predicted octanol–water partition coefficient (Wildman–Crippen LogP) is 3.11. The zero-order valence-electron chi connectivity index (χ0n) is 19.8. The molecule has 2 fully saturated rings. The second kappa shape index (κ2) is 11.3.